The molecule has 0 spiro atoms. The summed E-state index contributed by atoms with van der Waals surface area (Å²) < 4.78 is 0. The van der Waals surface area contributed by atoms with Gasteiger partial charge in [0.05, 0.1) is 12.2 Å². The molecule has 1 aliphatic heterocycles. The Bertz CT molecular complexity index is 374. The number of carbonyl (C=O) groups is 1. The molecule has 5 heteroatoms. The lowest BCUT2D eigenvalue weighted by Gasteiger charge is -2.15. The number of nitrogens with one attached hydrogen (secondary N) is 1. The largest absolute Gasteiger partial charge is 0.332 e. The number of aromatic nitrogens is 2. The van der Waals surface area contributed by atoms with Crippen LogP contribution in [0.4, 0.5) is 4.79 Å². The summed E-state index contributed by atoms with van der Waals surface area (Å²) >= 11 is 0. The van der Waals surface area contributed by atoms with Crippen LogP contribution in [0.2, 0.25) is 0 Å². The van der Waals surface area contributed by atoms with E-state index in [0.717, 1.165) is 37.4 Å². The highest BCUT2D eigenvalue weighted by Gasteiger charge is 2.17. The maximum Gasteiger partial charge on any atom is 0.317 e. The lowest BCUT2D eigenvalue weighted by atomic mass is 10.4. The molecular formula is C11H16N4O. The van der Waals surface area contributed by atoms with E-state index in [-0.39, 0.29) is 6.03 Å². The van der Waals surface area contributed by atoms with Crippen LogP contribution in [0, 0.1) is 6.92 Å². The number of rotatable bonds is 2. The second kappa shape index (κ2) is 4.92. The molecule has 0 atom stereocenters. The Morgan fingerprint density at radius 3 is 2.94 bits per heavy atom. The van der Waals surface area contributed by atoms with Gasteiger partial charge in [-0.25, -0.2) is 14.8 Å². The molecule has 16 heavy (non-hydrogen) atoms. The Balaban J connectivity index is 1.84. The molecule has 0 radical (unpaired) electrons. The third kappa shape index (κ3) is 2.68. The van der Waals surface area contributed by atoms with Crippen molar-refractivity contribution in [2.45, 2.75) is 26.3 Å². The van der Waals surface area contributed by atoms with Crippen molar-refractivity contribution in [3.05, 3.63) is 23.8 Å². The lowest BCUT2D eigenvalue weighted by Crippen LogP contribution is -2.37. The first-order valence-electron chi connectivity index (χ1n) is 5.57. The number of aryl methyl sites for hydroxylation is 1. The summed E-state index contributed by atoms with van der Waals surface area (Å²) in [7, 11) is 0. The van der Waals surface area contributed by atoms with Crippen molar-refractivity contribution in [1.82, 2.24) is 20.2 Å². The van der Waals surface area contributed by atoms with E-state index >= 15 is 0 Å². The van der Waals surface area contributed by atoms with Crippen molar-refractivity contribution < 1.29 is 4.79 Å². The van der Waals surface area contributed by atoms with Gasteiger partial charge in [-0.3, -0.25) is 0 Å². The molecule has 2 amide bonds. The first-order valence-corrected chi connectivity index (χ1v) is 5.57. The fourth-order valence-electron chi connectivity index (χ4n) is 1.80. The topological polar surface area (TPSA) is 58.1 Å². The molecule has 0 aromatic carbocycles. The van der Waals surface area contributed by atoms with Gasteiger partial charge in [0, 0.05) is 19.3 Å². The second-order valence-electron chi connectivity index (χ2n) is 3.95. The maximum absolute atomic E-state index is 11.7. The molecule has 1 aromatic heterocycles. The number of nitrogens with zero attached hydrogens (tertiary/aromatic N) is 3. The van der Waals surface area contributed by atoms with Crippen LogP contribution in [0.5, 0.6) is 0 Å². The predicted octanol–water partition coefficient (Wildman–Crippen LogP) is 1.09. The van der Waals surface area contributed by atoms with Gasteiger partial charge in [0.2, 0.25) is 0 Å². The van der Waals surface area contributed by atoms with E-state index in [4.69, 9.17) is 0 Å². The van der Waals surface area contributed by atoms with Crippen LogP contribution in [0.1, 0.15) is 24.4 Å². The summed E-state index contributed by atoms with van der Waals surface area (Å²) in [6.07, 6.45) is 3.93. The summed E-state index contributed by atoms with van der Waals surface area (Å²) in [4.78, 5) is 21.8. The molecule has 0 unspecified atom stereocenters. The van der Waals surface area contributed by atoms with Crippen molar-refractivity contribution in [2.75, 3.05) is 13.1 Å². The summed E-state index contributed by atoms with van der Waals surface area (Å²) in [5.74, 6) is 0.730. The number of carbonyl (C=O) groups excluding carboxylic acids is 1. The summed E-state index contributed by atoms with van der Waals surface area (Å²) in [6.45, 7) is 4.05. The van der Waals surface area contributed by atoms with Crippen LogP contribution in [0.15, 0.2) is 12.3 Å². The molecule has 1 aliphatic rings. The van der Waals surface area contributed by atoms with E-state index in [1.54, 1.807) is 6.20 Å². The molecule has 0 saturated carbocycles. The number of urea groups is 1. The Morgan fingerprint density at radius 1 is 1.50 bits per heavy atom. The van der Waals surface area contributed by atoms with Crippen molar-refractivity contribution >= 4 is 6.03 Å². The lowest BCUT2D eigenvalue weighted by molar-refractivity contribution is 0.208. The van der Waals surface area contributed by atoms with Crippen LogP contribution < -0.4 is 5.32 Å². The molecule has 5 nitrogen and oxygen atoms in total. The number of hydrogen-bond donors (Lipinski definition) is 1. The fraction of sp³-hybridized carbons (Fsp3) is 0.545. The minimum absolute atomic E-state index is 0.00812. The minimum Gasteiger partial charge on any atom is -0.332 e. The molecule has 1 fully saturated rings. The highest BCUT2D eigenvalue weighted by atomic mass is 16.2. The van der Waals surface area contributed by atoms with Gasteiger partial charge in [0.15, 0.2) is 0 Å². The van der Waals surface area contributed by atoms with E-state index in [2.05, 4.69) is 15.3 Å². The summed E-state index contributed by atoms with van der Waals surface area (Å²) in [5.41, 5.74) is 0.847. The van der Waals surface area contributed by atoms with Crippen LogP contribution in [0.25, 0.3) is 0 Å². The Labute approximate surface area is 94.9 Å². The quantitative estimate of drug-likeness (QED) is 0.811. The van der Waals surface area contributed by atoms with E-state index in [9.17, 15) is 4.79 Å². The SMILES string of the molecule is Cc1nccc(CNC(=O)N2CCCC2)n1. The molecule has 2 heterocycles. The van der Waals surface area contributed by atoms with Crippen LogP contribution in [-0.2, 0) is 6.54 Å². The minimum atomic E-state index is 0.00812. The van der Waals surface area contributed by atoms with Gasteiger partial charge in [-0.05, 0) is 25.8 Å². The van der Waals surface area contributed by atoms with Gasteiger partial charge in [0.25, 0.3) is 0 Å². The Morgan fingerprint density at radius 2 is 2.25 bits per heavy atom. The monoisotopic (exact) mass is 220 g/mol. The van der Waals surface area contributed by atoms with E-state index in [0.29, 0.717) is 6.54 Å². The van der Waals surface area contributed by atoms with E-state index < -0.39 is 0 Å². The zero-order valence-electron chi connectivity index (χ0n) is 9.44. The molecule has 1 aromatic rings. The average molecular weight is 220 g/mol. The number of likely N-dealkylation sites (tertiary alicyclic amines) is 1. The standard InChI is InChI=1S/C11H16N4O/c1-9-12-5-4-10(14-9)8-13-11(16)15-6-2-3-7-15/h4-5H,2-3,6-8H2,1H3,(H,13,16). The molecule has 86 valence electrons. The number of hydrogen-bond acceptors (Lipinski definition) is 3. The van der Waals surface area contributed by atoms with Crippen molar-refractivity contribution in [1.29, 1.82) is 0 Å². The predicted molar refractivity (Wildman–Crippen MR) is 59.8 cm³/mol. The fourth-order valence-corrected chi connectivity index (χ4v) is 1.80. The van der Waals surface area contributed by atoms with Gasteiger partial charge >= 0.3 is 6.03 Å². The molecule has 1 N–H and O–H groups in total. The van der Waals surface area contributed by atoms with E-state index in [1.807, 2.05) is 17.9 Å². The smallest absolute Gasteiger partial charge is 0.317 e. The molecule has 1 saturated heterocycles. The number of amides is 2. The van der Waals surface area contributed by atoms with Crippen molar-refractivity contribution in [3.63, 3.8) is 0 Å². The molecule has 0 aliphatic carbocycles. The first kappa shape index (κ1) is 10.9. The zero-order valence-corrected chi connectivity index (χ0v) is 9.44. The third-order valence-electron chi connectivity index (χ3n) is 2.65. The third-order valence-corrected chi connectivity index (χ3v) is 2.65. The Hall–Kier alpha value is -1.65. The summed E-state index contributed by atoms with van der Waals surface area (Å²) in [5, 5.41) is 2.86. The van der Waals surface area contributed by atoms with Crippen molar-refractivity contribution in [2.24, 2.45) is 0 Å². The zero-order chi connectivity index (χ0) is 11.4. The van der Waals surface area contributed by atoms with Gasteiger partial charge in [-0.1, -0.05) is 0 Å². The van der Waals surface area contributed by atoms with Gasteiger partial charge in [-0.15, -0.1) is 0 Å². The van der Waals surface area contributed by atoms with Gasteiger partial charge in [-0.2, -0.15) is 0 Å². The van der Waals surface area contributed by atoms with Crippen LogP contribution >= 0.6 is 0 Å². The van der Waals surface area contributed by atoms with Crippen LogP contribution in [0.3, 0.4) is 0 Å². The molecule has 2 rings (SSSR count). The normalized spacial score (nSPS) is 15.2. The summed E-state index contributed by atoms with van der Waals surface area (Å²) in [6, 6.07) is 1.82. The Kier molecular flexibility index (Phi) is 3.34. The maximum atomic E-state index is 11.7. The second-order valence-corrected chi connectivity index (χ2v) is 3.95. The van der Waals surface area contributed by atoms with Gasteiger partial charge < -0.3 is 10.2 Å². The highest BCUT2D eigenvalue weighted by Crippen LogP contribution is 2.07. The molecule has 0 bridgehead atoms. The first-order chi connectivity index (χ1) is 7.75. The van der Waals surface area contributed by atoms with Crippen molar-refractivity contribution in [3.8, 4) is 0 Å². The van der Waals surface area contributed by atoms with Crippen LogP contribution in [-0.4, -0.2) is 34.0 Å². The highest BCUT2D eigenvalue weighted by molar-refractivity contribution is 5.74. The molecular weight excluding hydrogens is 204 g/mol. The van der Waals surface area contributed by atoms with Gasteiger partial charge in [0.1, 0.15) is 5.82 Å². The van der Waals surface area contributed by atoms with E-state index in [1.165, 1.54) is 0 Å². The average Bonchev–Trinajstić information content (AvgIpc) is 2.79.